The number of fused-ring (bicyclic) bond motifs is 2. The van der Waals surface area contributed by atoms with E-state index in [2.05, 4.69) is 55.6 Å². The second-order valence-corrected chi connectivity index (χ2v) is 8.87. The Morgan fingerprint density at radius 1 is 1.21 bits per heavy atom. The standard InChI is InChI=1S/C20H19BrClN5O/c21-15-11-23-18-16(22)17(25-27(18)12-15)19(28)26-7-5-20(6-8-26)9-13-3-1-2-4-14(13)10-24-20/h1-4,11-12,24H,5-10H2. The lowest BCUT2D eigenvalue weighted by Crippen LogP contribution is -2.57. The molecule has 2 aliphatic heterocycles. The Hall–Kier alpha value is -1.96. The molecule has 144 valence electrons. The lowest BCUT2D eigenvalue weighted by atomic mass is 9.78. The Balaban J connectivity index is 1.33. The topological polar surface area (TPSA) is 62.5 Å². The second kappa shape index (κ2) is 6.83. The highest BCUT2D eigenvalue weighted by atomic mass is 79.9. The van der Waals surface area contributed by atoms with Crippen LogP contribution in [0, 0.1) is 0 Å². The van der Waals surface area contributed by atoms with Crippen LogP contribution in [-0.2, 0) is 13.0 Å². The molecule has 1 fully saturated rings. The van der Waals surface area contributed by atoms with Crippen molar-refractivity contribution in [2.24, 2.45) is 0 Å². The van der Waals surface area contributed by atoms with E-state index in [9.17, 15) is 4.79 Å². The largest absolute Gasteiger partial charge is 0.337 e. The van der Waals surface area contributed by atoms with Gasteiger partial charge < -0.3 is 10.2 Å². The molecule has 0 atom stereocenters. The van der Waals surface area contributed by atoms with Gasteiger partial charge in [0.05, 0.1) is 4.47 Å². The van der Waals surface area contributed by atoms with Crippen LogP contribution in [0.25, 0.3) is 5.65 Å². The molecule has 1 amide bonds. The summed E-state index contributed by atoms with van der Waals surface area (Å²) in [6.45, 7) is 2.27. The van der Waals surface area contributed by atoms with E-state index in [1.165, 1.54) is 11.1 Å². The normalized spacial score (nSPS) is 18.4. The third-order valence-electron chi connectivity index (χ3n) is 5.90. The van der Waals surface area contributed by atoms with Crippen molar-refractivity contribution in [1.29, 1.82) is 0 Å². The summed E-state index contributed by atoms with van der Waals surface area (Å²) in [5.41, 5.74) is 3.63. The van der Waals surface area contributed by atoms with Gasteiger partial charge in [0.1, 0.15) is 5.02 Å². The summed E-state index contributed by atoms with van der Waals surface area (Å²) in [6.07, 6.45) is 6.25. The van der Waals surface area contributed by atoms with E-state index in [-0.39, 0.29) is 17.1 Å². The number of amides is 1. The van der Waals surface area contributed by atoms with Crippen LogP contribution in [0.4, 0.5) is 0 Å². The average molecular weight is 461 g/mol. The fourth-order valence-electron chi connectivity index (χ4n) is 4.27. The van der Waals surface area contributed by atoms with Crippen LogP contribution in [-0.4, -0.2) is 44.0 Å². The van der Waals surface area contributed by atoms with Crippen molar-refractivity contribution in [3.63, 3.8) is 0 Å². The molecule has 2 aromatic heterocycles. The first-order valence-electron chi connectivity index (χ1n) is 9.35. The Bertz CT molecular complexity index is 1070. The predicted molar refractivity (Wildman–Crippen MR) is 111 cm³/mol. The summed E-state index contributed by atoms with van der Waals surface area (Å²) in [7, 11) is 0. The molecule has 0 unspecified atom stereocenters. The van der Waals surface area contributed by atoms with E-state index >= 15 is 0 Å². The zero-order valence-corrected chi connectivity index (χ0v) is 17.5. The van der Waals surface area contributed by atoms with Gasteiger partial charge in [-0.3, -0.25) is 4.79 Å². The van der Waals surface area contributed by atoms with Crippen molar-refractivity contribution >= 4 is 39.1 Å². The highest BCUT2D eigenvalue weighted by molar-refractivity contribution is 9.10. The Labute approximate surface area is 176 Å². The molecule has 1 saturated heterocycles. The Morgan fingerprint density at radius 3 is 2.75 bits per heavy atom. The number of carbonyl (C=O) groups excluding carboxylic acids is 1. The van der Waals surface area contributed by atoms with Crippen LogP contribution in [0.1, 0.15) is 34.5 Å². The van der Waals surface area contributed by atoms with Crippen molar-refractivity contribution in [2.45, 2.75) is 31.3 Å². The van der Waals surface area contributed by atoms with E-state index in [4.69, 9.17) is 11.6 Å². The highest BCUT2D eigenvalue weighted by Crippen LogP contribution is 2.33. The van der Waals surface area contributed by atoms with Gasteiger partial charge in [-0.25, -0.2) is 9.50 Å². The van der Waals surface area contributed by atoms with Crippen molar-refractivity contribution in [1.82, 2.24) is 24.8 Å². The third kappa shape index (κ3) is 3.02. The molecule has 3 aromatic rings. The molecule has 6 nitrogen and oxygen atoms in total. The first-order chi connectivity index (χ1) is 13.5. The average Bonchev–Trinajstić information content (AvgIpc) is 3.03. The fraction of sp³-hybridized carbons (Fsp3) is 0.350. The summed E-state index contributed by atoms with van der Waals surface area (Å²) in [4.78, 5) is 19.2. The van der Waals surface area contributed by atoms with E-state index in [1.54, 1.807) is 16.9 Å². The van der Waals surface area contributed by atoms with Crippen molar-refractivity contribution in [2.75, 3.05) is 13.1 Å². The Morgan fingerprint density at radius 2 is 1.96 bits per heavy atom. The molecule has 1 aromatic carbocycles. The lowest BCUT2D eigenvalue weighted by Gasteiger charge is -2.45. The second-order valence-electron chi connectivity index (χ2n) is 7.57. The summed E-state index contributed by atoms with van der Waals surface area (Å²) in [6, 6.07) is 8.60. The summed E-state index contributed by atoms with van der Waals surface area (Å²) < 4.78 is 2.33. The monoisotopic (exact) mass is 459 g/mol. The van der Waals surface area contributed by atoms with Crippen molar-refractivity contribution < 1.29 is 4.79 Å². The van der Waals surface area contributed by atoms with Gasteiger partial charge in [0.25, 0.3) is 5.91 Å². The van der Waals surface area contributed by atoms with Crippen molar-refractivity contribution in [3.05, 3.63) is 63.0 Å². The molecule has 0 aliphatic carbocycles. The maximum atomic E-state index is 13.1. The molecule has 0 bridgehead atoms. The minimum Gasteiger partial charge on any atom is -0.337 e. The van der Waals surface area contributed by atoms with Gasteiger partial charge in [0.15, 0.2) is 11.3 Å². The van der Waals surface area contributed by atoms with Gasteiger partial charge in [0, 0.05) is 37.6 Å². The number of hydrogen-bond donors (Lipinski definition) is 1. The zero-order chi connectivity index (χ0) is 19.3. The van der Waals surface area contributed by atoms with Gasteiger partial charge in [-0.2, -0.15) is 5.10 Å². The van der Waals surface area contributed by atoms with E-state index in [1.807, 2.05) is 4.90 Å². The minimum atomic E-state index is -0.127. The van der Waals surface area contributed by atoms with Gasteiger partial charge in [0.2, 0.25) is 0 Å². The molecule has 2 aliphatic rings. The van der Waals surface area contributed by atoms with Crippen LogP contribution in [0.5, 0.6) is 0 Å². The number of benzene rings is 1. The van der Waals surface area contributed by atoms with E-state index in [0.29, 0.717) is 23.8 Å². The van der Waals surface area contributed by atoms with Crippen LogP contribution in [0.3, 0.4) is 0 Å². The Kier molecular flexibility index (Phi) is 4.41. The lowest BCUT2D eigenvalue weighted by molar-refractivity contribution is 0.0625. The number of rotatable bonds is 1. The third-order valence-corrected chi connectivity index (χ3v) is 6.65. The summed E-state index contributed by atoms with van der Waals surface area (Å²) >= 11 is 9.76. The smallest absolute Gasteiger partial charge is 0.276 e. The number of aromatic nitrogens is 3. The predicted octanol–water partition coefficient (Wildman–Crippen LogP) is 3.47. The molecule has 8 heteroatoms. The van der Waals surface area contributed by atoms with E-state index < -0.39 is 0 Å². The number of nitrogens with zero attached hydrogens (tertiary/aromatic N) is 4. The summed E-state index contributed by atoms with van der Waals surface area (Å²) in [5.74, 6) is -0.127. The quantitative estimate of drug-likeness (QED) is 0.604. The maximum Gasteiger partial charge on any atom is 0.276 e. The van der Waals surface area contributed by atoms with Crippen molar-refractivity contribution in [3.8, 4) is 0 Å². The molecule has 0 saturated carbocycles. The first-order valence-corrected chi connectivity index (χ1v) is 10.5. The van der Waals surface area contributed by atoms with Crippen LogP contribution in [0.2, 0.25) is 5.02 Å². The number of likely N-dealkylation sites (tertiary alicyclic amines) is 1. The maximum absolute atomic E-state index is 13.1. The van der Waals surface area contributed by atoms with Crippen LogP contribution in [0.15, 0.2) is 41.1 Å². The molecule has 28 heavy (non-hydrogen) atoms. The van der Waals surface area contributed by atoms with Crippen LogP contribution >= 0.6 is 27.5 Å². The number of carbonyl (C=O) groups is 1. The van der Waals surface area contributed by atoms with Gasteiger partial charge in [-0.1, -0.05) is 35.9 Å². The summed E-state index contributed by atoms with van der Waals surface area (Å²) in [5, 5.41) is 8.41. The number of halogens is 2. The fourth-order valence-corrected chi connectivity index (χ4v) is 4.82. The molecule has 5 rings (SSSR count). The molecule has 1 N–H and O–H groups in total. The number of hydrogen-bond acceptors (Lipinski definition) is 4. The SMILES string of the molecule is O=C(c1nn2cc(Br)cnc2c1Cl)N1CCC2(CC1)Cc1ccccc1CN2. The molecular weight excluding hydrogens is 442 g/mol. The van der Waals surface area contributed by atoms with Crippen LogP contribution < -0.4 is 5.32 Å². The first kappa shape index (κ1) is 18.1. The molecule has 4 heterocycles. The zero-order valence-electron chi connectivity index (χ0n) is 15.2. The molecule has 1 spiro atoms. The number of nitrogens with one attached hydrogen (secondary N) is 1. The highest BCUT2D eigenvalue weighted by Gasteiger charge is 2.39. The van der Waals surface area contributed by atoms with E-state index in [0.717, 1.165) is 30.3 Å². The van der Waals surface area contributed by atoms with Gasteiger partial charge in [-0.05, 0) is 46.3 Å². The number of piperidine rings is 1. The molecular formula is C20H19BrClN5O. The van der Waals surface area contributed by atoms with Gasteiger partial charge >= 0.3 is 0 Å². The molecule has 0 radical (unpaired) electrons. The minimum absolute atomic E-state index is 0.0697. The van der Waals surface area contributed by atoms with Gasteiger partial charge in [-0.15, -0.1) is 0 Å².